The van der Waals surface area contributed by atoms with Gasteiger partial charge in [-0.15, -0.1) is 0 Å². The molecule has 23 heavy (non-hydrogen) atoms. The monoisotopic (exact) mass is 318 g/mol. The second-order valence-electron chi connectivity index (χ2n) is 5.08. The molecule has 0 aliphatic carbocycles. The molecule has 1 aliphatic heterocycles. The number of fused-ring (bicyclic) bond motifs is 1. The van der Waals surface area contributed by atoms with Gasteiger partial charge in [0.05, 0.1) is 11.7 Å². The Morgan fingerprint density at radius 3 is 2.78 bits per heavy atom. The fourth-order valence-electron chi connectivity index (χ4n) is 2.33. The molecular weight excluding hydrogens is 304 g/mol. The van der Waals surface area contributed by atoms with Gasteiger partial charge in [0.15, 0.2) is 17.3 Å². The van der Waals surface area contributed by atoms with Gasteiger partial charge in [-0.3, -0.25) is 4.79 Å². The molecule has 1 unspecified atom stereocenters. The van der Waals surface area contributed by atoms with Crippen LogP contribution in [0.15, 0.2) is 22.7 Å². The van der Waals surface area contributed by atoms with E-state index in [1.54, 1.807) is 25.1 Å². The second-order valence-corrected chi connectivity index (χ2v) is 5.08. The molecule has 1 amide bonds. The lowest BCUT2D eigenvalue weighted by Gasteiger charge is -2.12. The minimum Gasteiger partial charge on any atom is -0.477 e. The summed E-state index contributed by atoms with van der Waals surface area (Å²) in [5.41, 5.74) is 0.592. The normalized spacial score (nSPS) is 13.7. The number of aromatic carboxylic acids is 1. The van der Waals surface area contributed by atoms with Crippen LogP contribution < -0.4 is 14.8 Å². The number of hydrogen-bond donors (Lipinski definition) is 2. The number of hydrogen-bond acceptors (Lipinski definition) is 6. The molecule has 2 heterocycles. The minimum absolute atomic E-state index is 0.0384. The Balaban J connectivity index is 1.79. The number of nitrogens with one attached hydrogen (secondary N) is 1. The number of benzene rings is 1. The van der Waals surface area contributed by atoms with Crippen LogP contribution in [0.3, 0.4) is 0 Å². The number of carbonyl (C=O) groups excluding carboxylic acids is 1. The molecule has 0 saturated carbocycles. The fourth-order valence-corrected chi connectivity index (χ4v) is 2.33. The van der Waals surface area contributed by atoms with Gasteiger partial charge < -0.3 is 24.4 Å². The van der Waals surface area contributed by atoms with Gasteiger partial charge in [0, 0.05) is 5.56 Å². The number of carboxylic acids is 1. The fraction of sp³-hybridized carbons (Fsp3) is 0.267. The van der Waals surface area contributed by atoms with Crippen LogP contribution in [0.4, 0.5) is 0 Å². The van der Waals surface area contributed by atoms with Gasteiger partial charge in [0.1, 0.15) is 5.56 Å². The highest BCUT2D eigenvalue weighted by Crippen LogP contribution is 2.32. The SMILES string of the molecule is Cc1noc(C(C)NC(=O)c2ccc3c(c2)OCO3)c1C(=O)O. The van der Waals surface area contributed by atoms with Crippen LogP contribution in [0.1, 0.15) is 45.1 Å². The van der Waals surface area contributed by atoms with E-state index in [1.807, 2.05) is 0 Å². The van der Waals surface area contributed by atoms with Crippen LogP contribution in [0, 0.1) is 6.92 Å². The highest BCUT2D eigenvalue weighted by molar-refractivity contribution is 5.95. The molecule has 1 aromatic heterocycles. The summed E-state index contributed by atoms with van der Waals surface area (Å²) in [6.07, 6.45) is 0. The lowest BCUT2D eigenvalue weighted by molar-refractivity contribution is 0.0690. The van der Waals surface area contributed by atoms with E-state index in [0.29, 0.717) is 17.1 Å². The zero-order chi connectivity index (χ0) is 16.6. The molecule has 1 aromatic carbocycles. The summed E-state index contributed by atoms with van der Waals surface area (Å²) in [5.74, 6) is -0.367. The predicted molar refractivity (Wildman–Crippen MR) is 76.6 cm³/mol. The molecule has 1 atom stereocenters. The summed E-state index contributed by atoms with van der Waals surface area (Å²) in [4.78, 5) is 23.5. The summed E-state index contributed by atoms with van der Waals surface area (Å²) in [5, 5.41) is 15.5. The van der Waals surface area contributed by atoms with Gasteiger partial charge in [-0.25, -0.2) is 4.79 Å². The van der Waals surface area contributed by atoms with Crippen LogP contribution in [0.2, 0.25) is 0 Å². The first kappa shape index (κ1) is 14.9. The van der Waals surface area contributed by atoms with Crippen molar-refractivity contribution in [3.05, 3.63) is 40.8 Å². The Labute approximate surface area is 131 Å². The molecule has 0 fully saturated rings. The zero-order valence-electron chi connectivity index (χ0n) is 12.5. The number of nitrogens with zero attached hydrogens (tertiary/aromatic N) is 1. The lowest BCUT2D eigenvalue weighted by atomic mass is 10.1. The van der Waals surface area contributed by atoms with Crippen LogP contribution >= 0.6 is 0 Å². The molecule has 8 nitrogen and oxygen atoms in total. The summed E-state index contributed by atoms with van der Waals surface area (Å²) >= 11 is 0. The van der Waals surface area contributed by atoms with Gasteiger partial charge in [0.25, 0.3) is 5.91 Å². The number of amides is 1. The molecule has 1 aliphatic rings. The van der Waals surface area contributed by atoms with Crippen molar-refractivity contribution >= 4 is 11.9 Å². The first-order valence-corrected chi connectivity index (χ1v) is 6.87. The van der Waals surface area contributed by atoms with Crippen LogP contribution in [0.5, 0.6) is 11.5 Å². The minimum atomic E-state index is -1.15. The standard InChI is InChI=1S/C15H14N2O6/c1-7-12(15(19)20)13(23-17-7)8(2)16-14(18)9-3-4-10-11(5-9)22-6-21-10/h3-5,8H,6H2,1-2H3,(H,16,18)(H,19,20). The highest BCUT2D eigenvalue weighted by Gasteiger charge is 2.26. The summed E-state index contributed by atoms with van der Waals surface area (Å²) in [6, 6.07) is 4.15. The van der Waals surface area contributed by atoms with Crippen LogP contribution in [0.25, 0.3) is 0 Å². The Morgan fingerprint density at radius 1 is 1.30 bits per heavy atom. The quantitative estimate of drug-likeness (QED) is 0.885. The summed E-state index contributed by atoms with van der Waals surface area (Å²) in [7, 11) is 0. The van der Waals surface area contributed by atoms with Gasteiger partial charge in [-0.05, 0) is 32.0 Å². The first-order chi connectivity index (χ1) is 11.0. The van der Waals surface area contributed by atoms with E-state index in [0.717, 1.165) is 0 Å². The van der Waals surface area contributed by atoms with Gasteiger partial charge in [-0.2, -0.15) is 0 Å². The molecule has 0 radical (unpaired) electrons. The van der Waals surface area contributed by atoms with Crippen molar-refractivity contribution in [3.8, 4) is 11.5 Å². The molecular formula is C15H14N2O6. The van der Waals surface area contributed by atoms with E-state index in [4.69, 9.17) is 14.0 Å². The Bertz CT molecular complexity index is 782. The summed E-state index contributed by atoms with van der Waals surface area (Å²) < 4.78 is 15.4. The zero-order valence-corrected chi connectivity index (χ0v) is 12.5. The predicted octanol–water partition coefficient (Wildman–Crippen LogP) is 1.90. The van der Waals surface area contributed by atoms with Crippen molar-refractivity contribution < 1.29 is 28.7 Å². The molecule has 0 spiro atoms. The number of aromatic nitrogens is 1. The third-order valence-electron chi connectivity index (χ3n) is 3.48. The Morgan fingerprint density at radius 2 is 2.04 bits per heavy atom. The molecule has 3 rings (SSSR count). The van der Waals surface area contributed by atoms with Crippen molar-refractivity contribution in [3.63, 3.8) is 0 Å². The third kappa shape index (κ3) is 2.70. The van der Waals surface area contributed by atoms with Crippen LogP contribution in [-0.2, 0) is 0 Å². The molecule has 8 heteroatoms. The third-order valence-corrected chi connectivity index (χ3v) is 3.48. The molecule has 2 aromatic rings. The number of carboxylic acid groups (broad SMARTS) is 1. The number of ether oxygens (including phenoxy) is 2. The maximum absolute atomic E-state index is 12.3. The molecule has 120 valence electrons. The van der Waals surface area contributed by atoms with E-state index in [-0.39, 0.29) is 29.7 Å². The van der Waals surface area contributed by atoms with Crippen molar-refractivity contribution in [2.24, 2.45) is 0 Å². The average Bonchev–Trinajstić information content (AvgIpc) is 3.12. The van der Waals surface area contributed by atoms with E-state index < -0.39 is 12.0 Å². The van der Waals surface area contributed by atoms with Crippen molar-refractivity contribution in [1.82, 2.24) is 10.5 Å². The Hall–Kier alpha value is -3.03. The number of rotatable bonds is 4. The van der Waals surface area contributed by atoms with E-state index >= 15 is 0 Å². The van der Waals surface area contributed by atoms with Crippen molar-refractivity contribution in [2.75, 3.05) is 6.79 Å². The second kappa shape index (κ2) is 5.64. The number of carbonyl (C=O) groups is 2. The van der Waals surface area contributed by atoms with Gasteiger partial charge in [0.2, 0.25) is 6.79 Å². The maximum atomic E-state index is 12.3. The lowest BCUT2D eigenvalue weighted by Crippen LogP contribution is -2.27. The van der Waals surface area contributed by atoms with Gasteiger partial charge >= 0.3 is 5.97 Å². The molecule has 2 N–H and O–H groups in total. The summed E-state index contributed by atoms with van der Waals surface area (Å²) in [6.45, 7) is 3.27. The average molecular weight is 318 g/mol. The van der Waals surface area contributed by atoms with Gasteiger partial charge in [-0.1, -0.05) is 5.16 Å². The topological polar surface area (TPSA) is 111 Å². The largest absolute Gasteiger partial charge is 0.477 e. The maximum Gasteiger partial charge on any atom is 0.341 e. The Kier molecular flexibility index (Phi) is 3.65. The number of aryl methyl sites for hydroxylation is 1. The molecule has 0 bridgehead atoms. The van der Waals surface area contributed by atoms with Crippen LogP contribution in [-0.4, -0.2) is 28.9 Å². The van der Waals surface area contributed by atoms with Crippen molar-refractivity contribution in [1.29, 1.82) is 0 Å². The first-order valence-electron chi connectivity index (χ1n) is 6.87. The van der Waals surface area contributed by atoms with E-state index in [2.05, 4.69) is 10.5 Å². The van der Waals surface area contributed by atoms with E-state index in [1.165, 1.54) is 6.92 Å². The van der Waals surface area contributed by atoms with Crippen molar-refractivity contribution in [2.45, 2.75) is 19.9 Å². The van der Waals surface area contributed by atoms with E-state index in [9.17, 15) is 14.7 Å². The molecule has 0 saturated heterocycles. The highest BCUT2D eigenvalue weighted by atomic mass is 16.7. The smallest absolute Gasteiger partial charge is 0.341 e.